The number of benzene rings is 2. The summed E-state index contributed by atoms with van der Waals surface area (Å²) in [5.41, 5.74) is 5.27. The van der Waals surface area contributed by atoms with Crippen molar-refractivity contribution >= 4 is 45.6 Å². The summed E-state index contributed by atoms with van der Waals surface area (Å²) in [5.74, 6) is -0.213. The van der Waals surface area contributed by atoms with E-state index in [1.54, 1.807) is 12.3 Å². The lowest BCUT2D eigenvalue weighted by molar-refractivity contribution is 0.0955. The van der Waals surface area contributed by atoms with Crippen molar-refractivity contribution in [2.24, 2.45) is 12.1 Å². The molecule has 0 atom stereocenters. The lowest BCUT2D eigenvalue weighted by Gasteiger charge is -1.99. The van der Waals surface area contributed by atoms with Gasteiger partial charge in [0.25, 0.3) is 5.91 Å². The molecule has 1 heterocycles. The number of nitrogens with one attached hydrogen (secondary N) is 1. The topological polar surface area (TPSA) is 46.4 Å². The number of aryl methyl sites for hydroxylation is 1. The van der Waals surface area contributed by atoms with Crippen LogP contribution in [-0.2, 0) is 7.05 Å². The zero-order valence-corrected chi connectivity index (χ0v) is 14.1. The normalized spacial score (nSPS) is 11.2. The molecule has 4 nitrogen and oxygen atoms in total. The maximum absolute atomic E-state index is 12.0. The van der Waals surface area contributed by atoms with Crippen LogP contribution in [0.2, 0.25) is 0 Å². The Labute approximate surface area is 142 Å². The van der Waals surface area contributed by atoms with E-state index >= 15 is 0 Å². The van der Waals surface area contributed by atoms with Crippen molar-refractivity contribution in [2.75, 3.05) is 0 Å². The average Bonchev–Trinajstić information content (AvgIpc) is 2.84. The molecule has 0 saturated carbocycles. The minimum absolute atomic E-state index is 0.213. The van der Waals surface area contributed by atoms with E-state index in [0.29, 0.717) is 5.56 Å². The zero-order valence-electron chi connectivity index (χ0n) is 12.0. The van der Waals surface area contributed by atoms with E-state index in [2.05, 4.69) is 39.2 Å². The number of carbonyl (C=O) groups excluding carboxylic acids is 1. The van der Waals surface area contributed by atoms with Gasteiger partial charge in [0.2, 0.25) is 0 Å². The first-order valence-electron chi connectivity index (χ1n) is 6.78. The molecule has 0 aliphatic heterocycles. The van der Waals surface area contributed by atoms with E-state index in [0.717, 1.165) is 20.0 Å². The number of halogens is 1. The Hall–Kier alpha value is -2.15. The number of hydrogen-bond acceptors (Lipinski definition) is 2. The number of amides is 1. The third-order valence-electron chi connectivity index (χ3n) is 3.38. The van der Waals surface area contributed by atoms with Gasteiger partial charge in [0.1, 0.15) is 0 Å². The van der Waals surface area contributed by atoms with Crippen LogP contribution in [-0.4, -0.2) is 16.7 Å². The molecule has 1 N–H and O–H groups in total. The second-order valence-electron chi connectivity index (χ2n) is 4.92. The molecular formula is C17H14IN3O. The van der Waals surface area contributed by atoms with Crippen molar-refractivity contribution in [1.29, 1.82) is 0 Å². The fraction of sp³-hybridized carbons (Fsp3) is 0.0588. The van der Waals surface area contributed by atoms with Crippen molar-refractivity contribution in [3.63, 3.8) is 0 Å². The van der Waals surface area contributed by atoms with E-state index in [-0.39, 0.29) is 5.91 Å². The van der Waals surface area contributed by atoms with Gasteiger partial charge in [-0.25, -0.2) is 5.43 Å². The van der Waals surface area contributed by atoms with Crippen LogP contribution >= 0.6 is 22.6 Å². The van der Waals surface area contributed by atoms with Gasteiger partial charge in [-0.15, -0.1) is 0 Å². The summed E-state index contributed by atoms with van der Waals surface area (Å²) in [4.78, 5) is 12.0. The number of para-hydroxylation sites is 1. The number of rotatable bonds is 3. The molecular weight excluding hydrogens is 389 g/mol. The SMILES string of the molecule is Cn1cc(/C=N\NC(=O)c2cccc(I)c2)c2ccccc21. The molecule has 5 heteroatoms. The van der Waals surface area contributed by atoms with Crippen LogP contribution in [0.1, 0.15) is 15.9 Å². The zero-order chi connectivity index (χ0) is 15.5. The summed E-state index contributed by atoms with van der Waals surface area (Å²) in [5, 5.41) is 5.18. The van der Waals surface area contributed by atoms with Crippen molar-refractivity contribution in [3.8, 4) is 0 Å². The van der Waals surface area contributed by atoms with Crippen LogP contribution in [0.25, 0.3) is 10.9 Å². The molecule has 3 aromatic rings. The van der Waals surface area contributed by atoms with Crippen LogP contribution in [0.5, 0.6) is 0 Å². The summed E-state index contributed by atoms with van der Waals surface area (Å²) in [7, 11) is 1.99. The van der Waals surface area contributed by atoms with Gasteiger partial charge in [-0.1, -0.05) is 24.3 Å². The van der Waals surface area contributed by atoms with Crippen molar-refractivity contribution in [3.05, 3.63) is 69.4 Å². The fourth-order valence-corrected chi connectivity index (χ4v) is 2.87. The van der Waals surface area contributed by atoms with Gasteiger partial charge in [0, 0.05) is 38.8 Å². The molecule has 0 unspecified atom stereocenters. The van der Waals surface area contributed by atoms with Gasteiger partial charge < -0.3 is 4.57 Å². The predicted molar refractivity (Wildman–Crippen MR) is 97.1 cm³/mol. The van der Waals surface area contributed by atoms with E-state index in [4.69, 9.17) is 0 Å². The lowest BCUT2D eigenvalue weighted by Crippen LogP contribution is -2.17. The highest BCUT2D eigenvalue weighted by atomic mass is 127. The Balaban J connectivity index is 1.78. The molecule has 0 saturated heterocycles. The Morgan fingerprint density at radius 1 is 1.23 bits per heavy atom. The summed E-state index contributed by atoms with van der Waals surface area (Å²) < 4.78 is 3.06. The van der Waals surface area contributed by atoms with Gasteiger partial charge in [-0.2, -0.15) is 5.10 Å². The predicted octanol–water partition coefficient (Wildman–Crippen LogP) is 3.55. The molecule has 3 rings (SSSR count). The number of hydrogen-bond donors (Lipinski definition) is 1. The molecule has 0 fully saturated rings. The number of aromatic nitrogens is 1. The van der Waals surface area contributed by atoms with E-state index in [1.807, 2.05) is 54.2 Å². The molecule has 22 heavy (non-hydrogen) atoms. The van der Waals surface area contributed by atoms with Crippen molar-refractivity contribution < 1.29 is 4.79 Å². The highest BCUT2D eigenvalue weighted by Gasteiger charge is 2.05. The average molecular weight is 403 g/mol. The van der Waals surface area contributed by atoms with Crippen LogP contribution in [0, 0.1) is 3.57 Å². The van der Waals surface area contributed by atoms with Gasteiger partial charge in [0.05, 0.1) is 6.21 Å². The standard InChI is InChI=1S/C17H14IN3O/c1-21-11-13(15-7-2-3-8-16(15)21)10-19-20-17(22)12-5-4-6-14(18)9-12/h2-11H,1H3,(H,20,22)/b19-10-. The highest BCUT2D eigenvalue weighted by molar-refractivity contribution is 14.1. The molecule has 1 amide bonds. The number of fused-ring (bicyclic) bond motifs is 1. The smallest absolute Gasteiger partial charge is 0.271 e. The summed E-state index contributed by atoms with van der Waals surface area (Å²) in [6.45, 7) is 0. The molecule has 0 spiro atoms. The molecule has 1 aromatic heterocycles. The lowest BCUT2D eigenvalue weighted by atomic mass is 10.2. The fourth-order valence-electron chi connectivity index (χ4n) is 2.33. The maximum Gasteiger partial charge on any atom is 0.271 e. The molecule has 0 aliphatic carbocycles. The van der Waals surface area contributed by atoms with Crippen LogP contribution in [0.3, 0.4) is 0 Å². The highest BCUT2D eigenvalue weighted by Crippen LogP contribution is 2.18. The first kappa shape index (κ1) is 14.8. The number of hydrazone groups is 1. The van der Waals surface area contributed by atoms with Gasteiger partial charge in [-0.05, 0) is 46.9 Å². The summed E-state index contributed by atoms with van der Waals surface area (Å²) in [6, 6.07) is 15.5. The Bertz CT molecular complexity index is 867. The molecule has 0 radical (unpaired) electrons. The number of nitrogens with zero attached hydrogens (tertiary/aromatic N) is 2. The van der Waals surface area contributed by atoms with Gasteiger partial charge >= 0.3 is 0 Å². The minimum Gasteiger partial charge on any atom is -0.350 e. The Morgan fingerprint density at radius 2 is 2.05 bits per heavy atom. The van der Waals surface area contributed by atoms with E-state index < -0.39 is 0 Å². The first-order chi connectivity index (χ1) is 10.6. The largest absolute Gasteiger partial charge is 0.350 e. The quantitative estimate of drug-likeness (QED) is 0.406. The molecule has 0 aliphatic rings. The first-order valence-corrected chi connectivity index (χ1v) is 7.86. The minimum atomic E-state index is -0.213. The Kier molecular flexibility index (Phi) is 4.24. The molecule has 0 bridgehead atoms. The van der Waals surface area contributed by atoms with Crippen LogP contribution in [0.15, 0.2) is 59.8 Å². The third kappa shape index (κ3) is 3.04. The Morgan fingerprint density at radius 3 is 2.86 bits per heavy atom. The summed E-state index contributed by atoms with van der Waals surface area (Å²) >= 11 is 2.18. The van der Waals surface area contributed by atoms with Gasteiger partial charge in [-0.3, -0.25) is 4.79 Å². The maximum atomic E-state index is 12.0. The second-order valence-corrected chi connectivity index (χ2v) is 6.17. The summed E-state index contributed by atoms with van der Waals surface area (Å²) in [6.07, 6.45) is 3.67. The monoisotopic (exact) mass is 403 g/mol. The third-order valence-corrected chi connectivity index (χ3v) is 4.06. The van der Waals surface area contributed by atoms with Gasteiger partial charge in [0.15, 0.2) is 0 Å². The number of carbonyl (C=O) groups is 1. The van der Waals surface area contributed by atoms with E-state index in [9.17, 15) is 4.79 Å². The van der Waals surface area contributed by atoms with E-state index in [1.165, 1.54) is 0 Å². The van der Waals surface area contributed by atoms with Crippen LogP contribution in [0.4, 0.5) is 0 Å². The molecule has 2 aromatic carbocycles. The van der Waals surface area contributed by atoms with Crippen molar-refractivity contribution in [1.82, 2.24) is 9.99 Å². The van der Waals surface area contributed by atoms with Crippen molar-refractivity contribution in [2.45, 2.75) is 0 Å². The second kappa shape index (κ2) is 6.31. The molecule has 110 valence electrons. The van der Waals surface area contributed by atoms with Crippen LogP contribution < -0.4 is 5.43 Å².